The first-order valence-electron chi connectivity index (χ1n) is 6.36. The minimum atomic E-state index is -4.76. The Hall–Kier alpha value is -3.30. The fourth-order valence-corrected chi connectivity index (χ4v) is 1.85. The molecule has 1 amide bonds. The average Bonchev–Trinajstić information content (AvgIpc) is 2.54. The highest BCUT2D eigenvalue weighted by Gasteiger charge is 2.35. The third-order valence-corrected chi connectivity index (χ3v) is 2.96. The Labute approximate surface area is 132 Å². The second kappa shape index (κ2) is 6.44. The second-order valence-electron chi connectivity index (χ2n) is 4.56. The van der Waals surface area contributed by atoms with Gasteiger partial charge in [-0.25, -0.2) is 0 Å². The van der Waals surface area contributed by atoms with Gasteiger partial charge in [-0.1, -0.05) is 12.1 Å². The normalized spacial score (nSPS) is 11.0. The lowest BCUT2D eigenvalue weighted by Crippen LogP contribution is -2.32. The number of aromatic nitrogens is 1. The van der Waals surface area contributed by atoms with E-state index in [4.69, 9.17) is 5.41 Å². The summed E-state index contributed by atoms with van der Waals surface area (Å²) in [6.07, 6.45) is -3.13. The lowest BCUT2D eigenvalue weighted by atomic mass is 10.1. The lowest BCUT2D eigenvalue weighted by Gasteiger charge is -2.12. The fourth-order valence-electron chi connectivity index (χ4n) is 1.85. The summed E-state index contributed by atoms with van der Waals surface area (Å²) in [7, 11) is 0. The van der Waals surface area contributed by atoms with Crippen molar-refractivity contribution in [1.29, 1.82) is 5.41 Å². The number of amidine groups is 1. The summed E-state index contributed by atoms with van der Waals surface area (Å²) < 4.78 is 38.6. The van der Waals surface area contributed by atoms with E-state index in [-0.39, 0.29) is 11.3 Å². The first kappa shape index (κ1) is 17.1. The van der Waals surface area contributed by atoms with Gasteiger partial charge in [0.25, 0.3) is 11.6 Å². The summed E-state index contributed by atoms with van der Waals surface area (Å²) >= 11 is 0. The highest BCUT2D eigenvalue weighted by Crippen LogP contribution is 2.31. The first-order chi connectivity index (χ1) is 11.2. The van der Waals surface area contributed by atoms with E-state index < -0.39 is 34.0 Å². The number of carbonyl (C=O) groups excluding carboxylic acids is 1. The van der Waals surface area contributed by atoms with Crippen molar-refractivity contribution >= 4 is 17.4 Å². The van der Waals surface area contributed by atoms with E-state index >= 15 is 0 Å². The number of alkyl halides is 3. The molecule has 10 heteroatoms. The zero-order valence-corrected chi connectivity index (χ0v) is 11.8. The number of halogens is 3. The van der Waals surface area contributed by atoms with Gasteiger partial charge in [-0.2, -0.15) is 13.2 Å². The van der Waals surface area contributed by atoms with Crippen molar-refractivity contribution in [3.8, 4) is 0 Å². The molecular formula is C14H9F3N4O3. The fraction of sp³-hybridized carbons (Fsp3) is 0.0714. The smallest absolute Gasteiger partial charge is 0.306 e. The molecule has 2 N–H and O–H groups in total. The lowest BCUT2D eigenvalue weighted by molar-refractivity contribution is -0.384. The molecular weight excluding hydrogens is 329 g/mol. The van der Waals surface area contributed by atoms with Crippen molar-refractivity contribution < 1.29 is 22.9 Å². The van der Waals surface area contributed by atoms with Crippen LogP contribution in [0.25, 0.3) is 0 Å². The zero-order chi connectivity index (χ0) is 17.9. The van der Waals surface area contributed by atoms with E-state index in [1.165, 1.54) is 18.2 Å². The van der Waals surface area contributed by atoms with E-state index in [1.54, 1.807) is 0 Å². The van der Waals surface area contributed by atoms with Crippen molar-refractivity contribution in [1.82, 2.24) is 10.3 Å². The second-order valence-corrected chi connectivity index (χ2v) is 4.56. The number of nitrogens with one attached hydrogen (secondary N) is 2. The van der Waals surface area contributed by atoms with Gasteiger partial charge in [0.2, 0.25) is 0 Å². The van der Waals surface area contributed by atoms with Crippen LogP contribution in [0.3, 0.4) is 0 Å². The van der Waals surface area contributed by atoms with Gasteiger partial charge in [-0.05, 0) is 6.07 Å². The average molecular weight is 338 g/mol. The van der Waals surface area contributed by atoms with Crippen LogP contribution < -0.4 is 5.32 Å². The largest absolute Gasteiger partial charge is 0.417 e. The van der Waals surface area contributed by atoms with Crippen molar-refractivity contribution in [3.05, 3.63) is 69.5 Å². The molecule has 0 saturated carbocycles. The highest BCUT2D eigenvalue weighted by molar-refractivity contribution is 6.12. The van der Waals surface area contributed by atoms with Crippen LogP contribution in [0.4, 0.5) is 18.9 Å². The number of nitrogens with zero attached hydrogens (tertiary/aromatic N) is 2. The minimum absolute atomic E-state index is 0.0185. The van der Waals surface area contributed by atoms with Crippen LogP contribution in [0.2, 0.25) is 0 Å². The van der Waals surface area contributed by atoms with Gasteiger partial charge in [0.05, 0.1) is 16.1 Å². The molecule has 0 fully saturated rings. The predicted molar refractivity (Wildman–Crippen MR) is 76.6 cm³/mol. The standard InChI is InChI=1S/C14H9F3N4O3/c15-14(16,17)11-4-5-19-7-10(11)13(22)20-12(18)8-2-1-3-9(6-8)21(23)24/h1-7H,(H2,18,20,22). The maximum Gasteiger partial charge on any atom is 0.417 e. The zero-order valence-electron chi connectivity index (χ0n) is 11.8. The van der Waals surface area contributed by atoms with Crippen LogP contribution >= 0.6 is 0 Å². The van der Waals surface area contributed by atoms with Crippen molar-refractivity contribution in [2.45, 2.75) is 6.18 Å². The Balaban J connectivity index is 2.26. The summed E-state index contributed by atoms with van der Waals surface area (Å²) in [5.74, 6) is -1.76. The number of nitro benzene ring substituents is 1. The molecule has 0 radical (unpaired) electrons. The molecule has 0 aliphatic carbocycles. The molecule has 124 valence electrons. The number of amides is 1. The maximum atomic E-state index is 12.9. The van der Waals surface area contributed by atoms with Gasteiger partial charge < -0.3 is 5.32 Å². The molecule has 2 rings (SSSR count). The molecule has 0 saturated heterocycles. The molecule has 0 aliphatic heterocycles. The molecule has 1 aromatic heterocycles. The summed E-state index contributed by atoms with van der Waals surface area (Å²) in [6.45, 7) is 0. The molecule has 0 bridgehead atoms. The van der Waals surface area contributed by atoms with Gasteiger partial charge in [0.15, 0.2) is 0 Å². The monoisotopic (exact) mass is 338 g/mol. The van der Waals surface area contributed by atoms with E-state index in [1.807, 2.05) is 5.32 Å². The number of nitro groups is 1. The van der Waals surface area contributed by atoms with Crippen molar-refractivity contribution in [3.63, 3.8) is 0 Å². The number of hydrogen-bond donors (Lipinski definition) is 2. The molecule has 0 atom stereocenters. The van der Waals surface area contributed by atoms with Gasteiger partial charge in [0.1, 0.15) is 5.84 Å². The van der Waals surface area contributed by atoms with Gasteiger partial charge in [0, 0.05) is 30.1 Å². The Kier molecular flexibility index (Phi) is 4.58. The van der Waals surface area contributed by atoms with Crippen molar-refractivity contribution in [2.24, 2.45) is 0 Å². The summed E-state index contributed by atoms with van der Waals surface area (Å²) in [4.78, 5) is 25.5. The maximum absolute atomic E-state index is 12.9. The molecule has 0 unspecified atom stereocenters. The van der Waals surface area contributed by atoms with Gasteiger partial charge in [-0.3, -0.25) is 25.3 Å². The molecule has 1 heterocycles. The summed E-state index contributed by atoms with van der Waals surface area (Å²) in [5, 5.41) is 20.4. The molecule has 24 heavy (non-hydrogen) atoms. The molecule has 0 spiro atoms. The molecule has 1 aromatic carbocycles. The van der Waals surface area contributed by atoms with Crippen LogP contribution in [0.5, 0.6) is 0 Å². The number of benzene rings is 1. The van der Waals surface area contributed by atoms with E-state index in [0.717, 1.165) is 18.5 Å². The quantitative estimate of drug-likeness (QED) is 0.388. The SMILES string of the molecule is N=C(NC(=O)c1cnccc1C(F)(F)F)c1cccc([N+](=O)[O-])c1. The Morgan fingerprint density at radius 1 is 1.29 bits per heavy atom. The van der Waals surface area contributed by atoms with Crippen molar-refractivity contribution in [2.75, 3.05) is 0 Å². The third kappa shape index (κ3) is 3.72. The van der Waals surface area contributed by atoms with Gasteiger partial charge in [-0.15, -0.1) is 0 Å². The molecule has 2 aromatic rings. The highest BCUT2D eigenvalue weighted by atomic mass is 19.4. The number of rotatable bonds is 3. The van der Waals surface area contributed by atoms with E-state index in [2.05, 4.69) is 4.98 Å². The molecule has 0 aliphatic rings. The Bertz CT molecular complexity index is 821. The van der Waals surface area contributed by atoms with Crippen LogP contribution in [0.1, 0.15) is 21.5 Å². The van der Waals surface area contributed by atoms with Crippen LogP contribution in [-0.4, -0.2) is 21.7 Å². The van der Waals surface area contributed by atoms with Crippen LogP contribution in [-0.2, 0) is 6.18 Å². The number of non-ortho nitro benzene ring substituents is 1. The third-order valence-electron chi connectivity index (χ3n) is 2.96. The topological polar surface area (TPSA) is 109 Å². The minimum Gasteiger partial charge on any atom is -0.306 e. The van der Waals surface area contributed by atoms with E-state index in [9.17, 15) is 28.1 Å². The molecule has 7 nitrogen and oxygen atoms in total. The number of hydrogen-bond acceptors (Lipinski definition) is 5. The Morgan fingerprint density at radius 2 is 2.00 bits per heavy atom. The summed E-state index contributed by atoms with van der Waals surface area (Å²) in [5.41, 5.74) is -2.28. The predicted octanol–water partition coefficient (Wildman–Crippen LogP) is 2.76. The first-order valence-corrected chi connectivity index (χ1v) is 6.36. The van der Waals surface area contributed by atoms with Crippen LogP contribution in [0.15, 0.2) is 42.7 Å². The number of pyridine rings is 1. The van der Waals surface area contributed by atoms with Gasteiger partial charge >= 0.3 is 6.18 Å². The number of carbonyl (C=O) groups is 1. The van der Waals surface area contributed by atoms with E-state index in [0.29, 0.717) is 6.07 Å². The van der Waals surface area contributed by atoms with Crippen LogP contribution in [0, 0.1) is 15.5 Å². The summed E-state index contributed by atoms with van der Waals surface area (Å²) in [6, 6.07) is 5.45. The Morgan fingerprint density at radius 3 is 2.62 bits per heavy atom.